The van der Waals surface area contributed by atoms with E-state index >= 15 is 0 Å². The number of nitro groups is 1. The molecule has 67 heavy (non-hydrogen) atoms. The van der Waals surface area contributed by atoms with Gasteiger partial charge in [0.2, 0.25) is 5.88 Å². The summed E-state index contributed by atoms with van der Waals surface area (Å²) < 4.78 is 48.2. The van der Waals surface area contributed by atoms with Crippen LogP contribution in [0.1, 0.15) is 93.7 Å². The molecule has 352 valence electrons. The molecule has 3 N–H and O–H groups in total. The number of rotatable bonds is 12. The molecule has 2 aromatic heterocycles. The molecule has 5 aromatic rings. The molecule has 0 unspecified atom stereocenters. The van der Waals surface area contributed by atoms with Crippen molar-refractivity contribution in [3.63, 3.8) is 0 Å². The number of hydrogen-bond acceptors (Lipinski definition) is 13. The average Bonchev–Trinajstić information content (AvgIpc) is 3.98. The summed E-state index contributed by atoms with van der Waals surface area (Å²) in [6, 6.07) is 20.8. The lowest BCUT2D eigenvalue weighted by Gasteiger charge is -2.56. The SMILES string of the molecule is C=C(C)c1ccccc1[C@@H]1CCCN1C1CC2(CCN(c3ccc(C(=O)NS(=O)(=O)c4cc5c(c([N+](=O)[O-])c4)N[C@@H](COC(C)C)CO5)c(N4C[C@@H](C)Oc5nc6[nH]ccc6cc54)c3)CC2)C1. The molecule has 5 aliphatic rings. The fraction of sp³-hybridized carbons (Fsp3) is 0.440. The van der Waals surface area contributed by atoms with E-state index in [1.54, 1.807) is 12.3 Å². The van der Waals surface area contributed by atoms with Crippen LogP contribution >= 0.6 is 0 Å². The van der Waals surface area contributed by atoms with Crippen molar-refractivity contribution in [1.29, 1.82) is 0 Å². The number of pyridine rings is 1. The number of carbonyl (C=O) groups is 1. The minimum absolute atomic E-state index is 0.0133. The molecule has 1 spiro atoms. The van der Waals surface area contributed by atoms with E-state index in [9.17, 15) is 23.3 Å². The quantitative estimate of drug-likeness (QED) is 0.0798. The number of carbonyl (C=O) groups excluding carboxylic acids is 1. The Kier molecular flexibility index (Phi) is 11.7. The average molecular weight is 931 g/mol. The Labute approximate surface area is 390 Å². The van der Waals surface area contributed by atoms with Crippen LogP contribution in [0.5, 0.6) is 11.6 Å². The maximum atomic E-state index is 14.5. The molecule has 1 amide bonds. The van der Waals surface area contributed by atoms with Gasteiger partial charge in [0.25, 0.3) is 21.6 Å². The maximum absolute atomic E-state index is 14.5. The van der Waals surface area contributed by atoms with Gasteiger partial charge >= 0.3 is 0 Å². The lowest BCUT2D eigenvalue weighted by Crippen LogP contribution is -2.55. The Morgan fingerprint density at radius 3 is 2.61 bits per heavy atom. The van der Waals surface area contributed by atoms with Gasteiger partial charge in [0.1, 0.15) is 24.0 Å². The zero-order chi connectivity index (χ0) is 46.8. The number of sulfonamides is 1. The number of likely N-dealkylation sites (tertiary alicyclic amines) is 1. The minimum Gasteiger partial charge on any atom is -0.489 e. The van der Waals surface area contributed by atoms with E-state index in [-0.39, 0.29) is 47.8 Å². The van der Waals surface area contributed by atoms with Crippen LogP contribution in [-0.2, 0) is 14.8 Å². The Bertz CT molecular complexity index is 2870. The van der Waals surface area contributed by atoms with Gasteiger partial charge in [0, 0.05) is 54.6 Å². The summed E-state index contributed by atoms with van der Waals surface area (Å²) in [7, 11) is -4.66. The summed E-state index contributed by atoms with van der Waals surface area (Å²) in [5.74, 6) is -0.526. The second-order valence-corrected chi connectivity index (χ2v) is 21.0. The number of amides is 1. The normalized spacial score (nSPS) is 21.5. The third-order valence-electron chi connectivity index (χ3n) is 14.3. The lowest BCUT2D eigenvalue weighted by atomic mass is 9.59. The number of nitro benzene ring substituents is 1. The van der Waals surface area contributed by atoms with Crippen LogP contribution in [0.25, 0.3) is 16.6 Å². The summed E-state index contributed by atoms with van der Waals surface area (Å²) in [6.07, 6.45) is 8.22. The van der Waals surface area contributed by atoms with Crippen LogP contribution in [0.3, 0.4) is 0 Å². The molecule has 2 saturated heterocycles. The number of nitrogens with one attached hydrogen (secondary N) is 3. The monoisotopic (exact) mass is 930 g/mol. The van der Waals surface area contributed by atoms with Gasteiger partial charge in [-0.2, -0.15) is 4.98 Å². The molecule has 3 fully saturated rings. The van der Waals surface area contributed by atoms with E-state index < -0.39 is 37.5 Å². The van der Waals surface area contributed by atoms with Gasteiger partial charge in [-0.15, -0.1) is 0 Å². The summed E-state index contributed by atoms with van der Waals surface area (Å²) in [6.45, 7) is 15.5. The lowest BCUT2D eigenvalue weighted by molar-refractivity contribution is -0.384. The molecule has 1 saturated carbocycles. The first kappa shape index (κ1) is 44.7. The largest absolute Gasteiger partial charge is 0.489 e. The number of allylic oxidation sites excluding steroid dienone is 1. The Morgan fingerprint density at radius 1 is 1.06 bits per heavy atom. The first-order valence-electron chi connectivity index (χ1n) is 23.4. The highest BCUT2D eigenvalue weighted by atomic mass is 32.2. The van der Waals surface area contributed by atoms with Gasteiger partial charge < -0.3 is 34.3 Å². The van der Waals surface area contributed by atoms with Gasteiger partial charge in [-0.1, -0.05) is 36.4 Å². The van der Waals surface area contributed by atoms with Crippen molar-refractivity contribution >= 4 is 61.0 Å². The van der Waals surface area contributed by atoms with Crippen LogP contribution < -0.4 is 29.3 Å². The standard InChI is InChI=1S/C50H58N8O8S/c1-30(2)38-9-6-7-10-39(38)41-11-8-18-56(41)36-25-50(26-36)15-19-55(20-16-50)35-12-13-40(42(22-35)57-27-32(5)66-49-44(57)21-33-14-17-51-47(33)53-49)48(59)54-67(62,63)37-23-43(58(60)61)46-45(24-37)65-29-34(52-46)28-64-31(3)4/h6-7,9-10,12-14,17,21-24,31-32,34,36,41,52H,1,8,11,15-16,18-20,25-29H2,2-5H3,(H,51,53)(H,54,59)/t32-,34+,41+/m1/s1. The highest BCUT2D eigenvalue weighted by molar-refractivity contribution is 7.90. The Morgan fingerprint density at radius 2 is 1.85 bits per heavy atom. The molecule has 4 aliphatic heterocycles. The Hall–Kier alpha value is -6.17. The molecule has 16 nitrogen and oxygen atoms in total. The zero-order valence-corrected chi connectivity index (χ0v) is 39.2. The summed E-state index contributed by atoms with van der Waals surface area (Å²) >= 11 is 0. The van der Waals surface area contributed by atoms with E-state index in [1.807, 2.05) is 49.9 Å². The van der Waals surface area contributed by atoms with Crippen LogP contribution in [0.2, 0.25) is 0 Å². The van der Waals surface area contributed by atoms with Crippen molar-refractivity contribution in [3.05, 3.63) is 106 Å². The van der Waals surface area contributed by atoms with Crippen molar-refractivity contribution in [2.75, 3.05) is 54.5 Å². The summed E-state index contributed by atoms with van der Waals surface area (Å²) in [5.41, 5.74) is 6.39. The number of aromatic nitrogens is 2. The number of hydrogen-bond donors (Lipinski definition) is 3. The Balaban J connectivity index is 0.912. The summed E-state index contributed by atoms with van der Waals surface area (Å²) in [4.78, 5) is 40.6. The van der Waals surface area contributed by atoms with Crippen LogP contribution in [0, 0.1) is 15.5 Å². The topological polar surface area (TPSA) is 184 Å². The molecular formula is C50H58N8O8S. The number of ether oxygens (including phenoxy) is 3. The number of fused-ring (bicyclic) bond motifs is 3. The van der Waals surface area contributed by atoms with Gasteiger partial charge in [-0.3, -0.25) is 19.8 Å². The predicted octanol–water partition coefficient (Wildman–Crippen LogP) is 8.73. The molecule has 6 heterocycles. The number of H-pyrrole nitrogens is 1. The van der Waals surface area contributed by atoms with Gasteiger partial charge in [-0.05, 0) is 120 Å². The van der Waals surface area contributed by atoms with Crippen molar-refractivity contribution < 1.29 is 32.3 Å². The van der Waals surface area contributed by atoms with Crippen molar-refractivity contribution in [2.45, 2.75) is 101 Å². The van der Waals surface area contributed by atoms with Crippen LogP contribution in [0.15, 0.2) is 84.4 Å². The second-order valence-electron chi connectivity index (χ2n) is 19.3. The molecule has 0 bridgehead atoms. The number of aromatic amines is 1. The molecule has 17 heteroatoms. The molecule has 1 aliphatic carbocycles. The molecule has 3 atom stereocenters. The van der Waals surface area contributed by atoms with Gasteiger partial charge in [-0.25, -0.2) is 13.1 Å². The minimum atomic E-state index is -4.66. The van der Waals surface area contributed by atoms with Gasteiger partial charge in [0.15, 0.2) is 11.4 Å². The third kappa shape index (κ3) is 8.57. The van der Waals surface area contributed by atoms with Gasteiger partial charge in [0.05, 0.1) is 46.4 Å². The molecule has 3 aromatic carbocycles. The zero-order valence-electron chi connectivity index (χ0n) is 38.4. The smallest absolute Gasteiger partial charge is 0.297 e. The van der Waals surface area contributed by atoms with Crippen molar-refractivity contribution in [2.24, 2.45) is 5.41 Å². The first-order valence-corrected chi connectivity index (χ1v) is 24.9. The third-order valence-corrected chi connectivity index (χ3v) is 15.6. The van der Waals surface area contributed by atoms with Crippen molar-refractivity contribution in [1.82, 2.24) is 19.6 Å². The molecule has 0 radical (unpaired) electrons. The van der Waals surface area contributed by atoms with E-state index in [1.165, 1.54) is 42.9 Å². The summed E-state index contributed by atoms with van der Waals surface area (Å²) in [5, 5.41) is 16.2. The fourth-order valence-electron chi connectivity index (χ4n) is 10.9. The number of anilines is 4. The highest BCUT2D eigenvalue weighted by Crippen LogP contribution is 2.54. The van der Waals surface area contributed by atoms with Crippen LogP contribution in [0.4, 0.5) is 28.4 Å². The fourth-order valence-corrected chi connectivity index (χ4v) is 11.9. The molecular weight excluding hydrogens is 873 g/mol. The van der Waals surface area contributed by atoms with Crippen molar-refractivity contribution in [3.8, 4) is 11.6 Å². The first-order chi connectivity index (χ1) is 32.1. The number of benzene rings is 3. The highest BCUT2D eigenvalue weighted by Gasteiger charge is 2.50. The number of piperidine rings is 1. The van der Waals surface area contributed by atoms with E-state index in [2.05, 4.69) is 62.6 Å². The van der Waals surface area contributed by atoms with E-state index in [4.69, 9.17) is 19.2 Å². The predicted molar refractivity (Wildman–Crippen MR) is 258 cm³/mol. The van der Waals surface area contributed by atoms with Crippen LogP contribution in [-0.4, -0.2) is 97.8 Å². The molecule has 10 rings (SSSR count). The second kappa shape index (κ2) is 17.5. The number of nitrogens with zero attached hydrogens (tertiary/aromatic N) is 5. The van der Waals surface area contributed by atoms with E-state index in [0.717, 1.165) is 55.2 Å². The maximum Gasteiger partial charge on any atom is 0.297 e. The van der Waals surface area contributed by atoms with E-state index in [0.29, 0.717) is 41.5 Å².